The molecule has 0 radical (unpaired) electrons. The van der Waals surface area contributed by atoms with Gasteiger partial charge in [0.15, 0.2) is 0 Å². The molecule has 21 heavy (non-hydrogen) atoms. The first-order valence-electron chi connectivity index (χ1n) is 7.79. The van der Waals surface area contributed by atoms with Gasteiger partial charge in [-0.15, -0.1) is 0 Å². The molecule has 0 aromatic carbocycles. The van der Waals surface area contributed by atoms with E-state index in [0.717, 1.165) is 25.7 Å². The smallest absolute Gasteiger partial charge is 0.368 e. The second-order valence-corrected chi connectivity index (χ2v) is 9.33. The van der Waals surface area contributed by atoms with E-state index in [1.807, 2.05) is 26.8 Å². The van der Waals surface area contributed by atoms with Gasteiger partial charge in [0.25, 0.3) is 0 Å². The summed E-state index contributed by atoms with van der Waals surface area (Å²) in [6, 6.07) is 0. The van der Waals surface area contributed by atoms with Crippen LogP contribution in [-0.4, -0.2) is 27.9 Å². The first-order valence-corrected chi connectivity index (χ1v) is 8.61. The minimum atomic E-state index is -0.180. The lowest BCUT2D eigenvalue weighted by Crippen LogP contribution is -2.28. The van der Waals surface area contributed by atoms with Gasteiger partial charge in [0.1, 0.15) is 6.10 Å². The van der Waals surface area contributed by atoms with Crippen LogP contribution in [0.1, 0.15) is 67.2 Å². The summed E-state index contributed by atoms with van der Waals surface area (Å²) < 4.78 is 11.5. The van der Waals surface area contributed by atoms with Crippen molar-refractivity contribution >= 4 is 17.1 Å². The molecule has 0 N–H and O–H groups in total. The van der Waals surface area contributed by atoms with Crippen LogP contribution in [0.15, 0.2) is 12.2 Å². The van der Waals surface area contributed by atoms with Crippen LogP contribution in [0, 0.1) is 0 Å². The first-order chi connectivity index (χ1) is 9.55. The highest BCUT2D eigenvalue weighted by Gasteiger charge is 2.23. The van der Waals surface area contributed by atoms with Crippen molar-refractivity contribution in [2.45, 2.75) is 89.8 Å². The molecule has 0 aromatic rings. The molecular formula is C17H30O3S. The molecule has 0 fully saturated rings. The molecule has 0 saturated carbocycles. The van der Waals surface area contributed by atoms with Crippen molar-refractivity contribution in [3.8, 4) is 0 Å². The third-order valence-corrected chi connectivity index (χ3v) is 3.80. The van der Waals surface area contributed by atoms with E-state index >= 15 is 0 Å². The third-order valence-electron chi connectivity index (χ3n) is 2.92. The van der Waals surface area contributed by atoms with E-state index in [4.69, 9.17) is 9.47 Å². The highest BCUT2D eigenvalue weighted by atomic mass is 32.2. The number of ether oxygens (including phenoxy) is 2. The van der Waals surface area contributed by atoms with E-state index < -0.39 is 0 Å². The van der Waals surface area contributed by atoms with Crippen molar-refractivity contribution in [2.75, 3.05) is 0 Å². The molecule has 0 saturated heterocycles. The summed E-state index contributed by atoms with van der Waals surface area (Å²) in [5, 5.41) is -0.180. The zero-order valence-corrected chi connectivity index (χ0v) is 15.1. The zero-order valence-electron chi connectivity index (χ0n) is 14.3. The highest BCUT2D eigenvalue weighted by molar-refractivity contribution is 8.14. The molecule has 1 aliphatic carbocycles. The van der Waals surface area contributed by atoms with Crippen molar-refractivity contribution in [2.24, 2.45) is 0 Å². The van der Waals surface area contributed by atoms with Gasteiger partial charge in [-0.1, -0.05) is 26.8 Å². The maximum absolute atomic E-state index is 11.9. The van der Waals surface area contributed by atoms with E-state index in [1.54, 1.807) is 0 Å². The Morgan fingerprint density at radius 2 is 1.81 bits per heavy atom. The SMILES string of the molecule is CC(C)(C)OC1C/C=C/C(OC(=O)SC(C)(C)C)CCC1. The highest BCUT2D eigenvalue weighted by Crippen LogP contribution is 2.27. The average Bonchev–Trinajstić information content (AvgIpc) is 2.20. The molecule has 2 unspecified atom stereocenters. The molecule has 0 heterocycles. The fourth-order valence-corrected chi connectivity index (χ4v) is 2.92. The summed E-state index contributed by atoms with van der Waals surface area (Å²) in [4.78, 5) is 11.9. The Balaban J connectivity index is 2.46. The Kier molecular flexibility index (Phi) is 6.79. The van der Waals surface area contributed by atoms with Crippen LogP contribution >= 0.6 is 11.8 Å². The van der Waals surface area contributed by atoms with Crippen molar-refractivity contribution in [1.29, 1.82) is 0 Å². The van der Waals surface area contributed by atoms with Crippen molar-refractivity contribution in [3.63, 3.8) is 0 Å². The largest absolute Gasteiger partial charge is 0.450 e. The van der Waals surface area contributed by atoms with Gasteiger partial charge in [0.2, 0.25) is 0 Å². The van der Waals surface area contributed by atoms with Crippen LogP contribution in [0.25, 0.3) is 0 Å². The quantitative estimate of drug-likeness (QED) is 0.509. The molecular weight excluding hydrogens is 284 g/mol. The molecule has 0 spiro atoms. The van der Waals surface area contributed by atoms with Gasteiger partial charge in [-0.2, -0.15) is 0 Å². The minimum Gasteiger partial charge on any atom is -0.450 e. The van der Waals surface area contributed by atoms with Crippen LogP contribution in [0.4, 0.5) is 4.79 Å². The molecule has 0 aromatic heterocycles. The van der Waals surface area contributed by atoms with Crippen LogP contribution < -0.4 is 0 Å². The van der Waals surface area contributed by atoms with Crippen molar-refractivity contribution in [1.82, 2.24) is 0 Å². The van der Waals surface area contributed by atoms with Crippen molar-refractivity contribution < 1.29 is 14.3 Å². The predicted octanol–water partition coefficient (Wildman–Crippen LogP) is 5.34. The summed E-state index contributed by atoms with van der Waals surface area (Å²) in [5.41, 5.74) is -0.104. The lowest BCUT2D eigenvalue weighted by molar-refractivity contribution is -0.0632. The maximum atomic E-state index is 11.9. The second-order valence-electron chi connectivity index (χ2n) is 7.57. The fourth-order valence-electron chi connectivity index (χ4n) is 2.25. The van der Waals surface area contributed by atoms with Crippen LogP contribution in [0.2, 0.25) is 0 Å². The number of rotatable bonds is 2. The molecule has 2 atom stereocenters. The number of carbonyl (C=O) groups is 1. The summed E-state index contributed by atoms with van der Waals surface area (Å²) in [6.07, 6.45) is 8.07. The third kappa shape index (κ3) is 9.20. The predicted molar refractivity (Wildman–Crippen MR) is 89.8 cm³/mol. The molecule has 1 aliphatic rings. The van der Waals surface area contributed by atoms with Crippen molar-refractivity contribution in [3.05, 3.63) is 12.2 Å². The van der Waals surface area contributed by atoms with E-state index in [0.29, 0.717) is 0 Å². The zero-order chi connectivity index (χ0) is 16.1. The summed E-state index contributed by atoms with van der Waals surface area (Å²) in [5.74, 6) is 0. The lowest BCUT2D eigenvalue weighted by Gasteiger charge is -2.28. The van der Waals surface area contributed by atoms with Crippen LogP contribution in [0.3, 0.4) is 0 Å². The lowest BCUT2D eigenvalue weighted by atomic mass is 10.0. The molecule has 0 aliphatic heterocycles. The summed E-state index contributed by atoms with van der Waals surface area (Å²) in [6.45, 7) is 12.3. The number of thioether (sulfide) groups is 1. The first kappa shape index (κ1) is 18.6. The minimum absolute atomic E-state index is 0.0945. The Morgan fingerprint density at radius 3 is 2.38 bits per heavy atom. The Hall–Kier alpha value is -0.480. The molecule has 0 bridgehead atoms. The number of hydrogen-bond acceptors (Lipinski definition) is 4. The Bertz CT molecular complexity index is 363. The standard InChI is InChI=1S/C17H30O3S/c1-16(2,3)20-14-11-7-9-13(10-8-12-14)19-15(18)21-17(4,5)6/h7,9,13-14H,8,10-12H2,1-6H3/b9-7+. The molecule has 3 nitrogen and oxygen atoms in total. The van der Waals surface area contributed by atoms with E-state index in [-0.39, 0.29) is 27.9 Å². The van der Waals surface area contributed by atoms with Crippen LogP contribution in [0.5, 0.6) is 0 Å². The average molecular weight is 314 g/mol. The van der Waals surface area contributed by atoms with E-state index in [1.165, 1.54) is 11.8 Å². The Labute approximate surface area is 133 Å². The molecule has 4 heteroatoms. The van der Waals surface area contributed by atoms with Gasteiger partial charge in [-0.3, -0.25) is 0 Å². The van der Waals surface area contributed by atoms with Gasteiger partial charge in [-0.25, -0.2) is 4.79 Å². The molecule has 0 amide bonds. The Morgan fingerprint density at radius 1 is 1.14 bits per heavy atom. The van der Waals surface area contributed by atoms with Gasteiger partial charge >= 0.3 is 5.30 Å². The molecule has 122 valence electrons. The van der Waals surface area contributed by atoms with Gasteiger partial charge < -0.3 is 9.47 Å². The molecule has 1 rings (SSSR count). The van der Waals surface area contributed by atoms with E-state index in [2.05, 4.69) is 26.8 Å². The monoisotopic (exact) mass is 314 g/mol. The number of carbonyl (C=O) groups excluding carboxylic acids is 1. The van der Waals surface area contributed by atoms with E-state index in [9.17, 15) is 4.79 Å². The fraction of sp³-hybridized carbons (Fsp3) is 0.824. The summed E-state index contributed by atoms with van der Waals surface area (Å²) >= 11 is 1.25. The topological polar surface area (TPSA) is 35.5 Å². The van der Waals surface area contributed by atoms with Crippen LogP contribution in [-0.2, 0) is 9.47 Å². The summed E-state index contributed by atoms with van der Waals surface area (Å²) in [7, 11) is 0. The van der Waals surface area contributed by atoms with Gasteiger partial charge in [-0.05, 0) is 64.3 Å². The van der Waals surface area contributed by atoms with Gasteiger partial charge in [0, 0.05) is 4.75 Å². The maximum Gasteiger partial charge on any atom is 0.368 e. The van der Waals surface area contributed by atoms with Gasteiger partial charge in [0.05, 0.1) is 11.7 Å². The normalized spacial score (nSPS) is 25.8. The second kappa shape index (κ2) is 7.68. The number of hydrogen-bond donors (Lipinski definition) is 0.